The molecular weight excluding hydrogens is 178 g/mol. The average Bonchev–Trinajstić information content (AvgIpc) is 2.10. The maximum absolute atomic E-state index is 10.8. The van der Waals surface area contributed by atoms with Gasteiger partial charge in [0.1, 0.15) is 0 Å². The van der Waals surface area contributed by atoms with E-state index in [0.717, 1.165) is 18.9 Å². The van der Waals surface area contributed by atoms with Gasteiger partial charge in [0.15, 0.2) is 0 Å². The molecule has 0 bridgehead atoms. The van der Waals surface area contributed by atoms with Crippen LogP contribution < -0.4 is 5.32 Å². The summed E-state index contributed by atoms with van der Waals surface area (Å²) in [5.41, 5.74) is 0. The predicted molar refractivity (Wildman–Crippen MR) is 58.2 cm³/mol. The topological polar surface area (TPSA) is 38.3 Å². The number of nitrogens with one attached hydrogen (secondary N) is 1. The SMILES string of the molecule is COC(=O)CCCNC(C)CC(C)C. The fourth-order valence-corrected chi connectivity index (χ4v) is 1.47. The fourth-order valence-electron chi connectivity index (χ4n) is 1.47. The summed E-state index contributed by atoms with van der Waals surface area (Å²) in [6.07, 6.45) is 2.55. The van der Waals surface area contributed by atoms with Crippen molar-refractivity contribution in [2.45, 2.75) is 46.1 Å². The second-order valence-corrected chi connectivity index (χ2v) is 4.16. The van der Waals surface area contributed by atoms with Crippen molar-refractivity contribution >= 4 is 5.97 Å². The van der Waals surface area contributed by atoms with E-state index >= 15 is 0 Å². The predicted octanol–water partition coefficient (Wildman–Crippen LogP) is 1.96. The van der Waals surface area contributed by atoms with Gasteiger partial charge in [0.05, 0.1) is 7.11 Å². The van der Waals surface area contributed by atoms with Crippen LogP contribution in [-0.4, -0.2) is 25.7 Å². The lowest BCUT2D eigenvalue weighted by Gasteiger charge is -2.15. The molecule has 0 heterocycles. The molecule has 0 aliphatic carbocycles. The van der Waals surface area contributed by atoms with E-state index in [0.29, 0.717) is 12.5 Å². The Bertz CT molecular complexity index is 157. The first-order chi connectivity index (χ1) is 6.56. The van der Waals surface area contributed by atoms with Crippen LogP contribution in [0, 0.1) is 5.92 Å². The van der Waals surface area contributed by atoms with Crippen LogP contribution in [0.4, 0.5) is 0 Å². The van der Waals surface area contributed by atoms with E-state index in [-0.39, 0.29) is 5.97 Å². The number of carbonyl (C=O) groups is 1. The quantitative estimate of drug-likeness (QED) is 0.505. The summed E-state index contributed by atoms with van der Waals surface area (Å²) < 4.78 is 4.56. The summed E-state index contributed by atoms with van der Waals surface area (Å²) in [7, 11) is 1.43. The van der Waals surface area contributed by atoms with Gasteiger partial charge in [-0.25, -0.2) is 0 Å². The van der Waals surface area contributed by atoms with Crippen LogP contribution in [0.15, 0.2) is 0 Å². The number of esters is 1. The van der Waals surface area contributed by atoms with Gasteiger partial charge in [0.2, 0.25) is 0 Å². The van der Waals surface area contributed by atoms with Crippen molar-refractivity contribution in [1.82, 2.24) is 5.32 Å². The van der Waals surface area contributed by atoms with E-state index in [9.17, 15) is 4.79 Å². The van der Waals surface area contributed by atoms with Crippen molar-refractivity contribution in [3.63, 3.8) is 0 Å². The molecule has 0 amide bonds. The first kappa shape index (κ1) is 13.4. The molecule has 0 aromatic heterocycles. The molecule has 0 saturated carbocycles. The standard InChI is InChI=1S/C11H23NO2/c1-9(2)8-10(3)12-7-5-6-11(13)14-4/h9-10,12H,5-8H2,1-4H3. The molecule has 1 unspecified atom stereocenters. The Kier molecular flexibility index (Phi) is 7.48. The smallest absolute Gasteiger partial charge is 0.305 e. The lowest BCUT2D eigenvalue weighted by Crippen LogP contribution is -2.28. The van der Waals surface area contributed by atoms with Gasteiger partial charge in [-0.15, -0.1) is 0 Å². The highest BCUT2D eigenvalue weighted by Gasteiger charge is 2.04. The molecule has 1 atom stereocenters. The first-order valence-corrected chi connectivity index (χ1v) is 5.36. The highest BCUT2D eigenvalue weighted by atomic mass is 16.5. The minimum atomic E-state index is -0.122. The Morgan fingerprint density at radius 2 is 2.00 bits per heavy atom. The second kappa shape index (κ2) is 7.80. The van der Waals surface area contributed by atoms with Crippen LogP contribution in [0.25, 0.3) is 0 Å². The summed E-state index contributed by atoms with van der Waals surface area (Å²) >= 11 is 0. The normalized spacial score (nSPS) is 12.9. The van der Waals surface area contributed by atoms with Crippen LogP contribution in [0.2, 0.25) is 0 Å². The Balaban J connectivity index is 3.31. The molecule has 0 aromatic carbocycles. The van der Waals surface area contributed by atoms with Gasteiger partial charge >= 0.3 is 5.97 Å². The van der Waals surface area contributed by atoms with E-state index in [1.807, 2.05) is 0 Å². The summed E-state index contributed by atoms with van der Waals surface area (Å²) in [6.45, 7) is 7.50. The first-order valence-electron chi connectivity index (χ1n) is 5.36. The molecule has 0 aromatic rings. The number of hydrogen-bond acceptors (Lipinski definition) is 3. The van der Waals surface area contributed by atoms with Crippen molar-refractivity contribution in [3.8, 4) is 0 Å². The van der Waals surface area contributed by atoms with Gasteiger partial charge in [0.25, 0.3) is 0 Å². The van der Waals surface area contributed by atoms with Crippen LogP contribution in [0.1, 0.15) is 40.0 Å². The third kappa shape index (κ3) is 8.05. The van der Waals surface area contributed by atoms with Gasteiger partial charge in [0, 0.05) is 12.5 Å². The number of ether oxygens (including phenoxy) is 1. The number of carbonyl (C=O) groups excluding carboxylic acids is 1. The highest BCUT2D eigenvalue weighted by molar-refractivity contribution is 5.69. The van der Waals surface area contributed by atoms with E-state index in [2.05, 4.69) is 30.8 Å². The summed E-state index contributed by atoms with van der Waals surface area (Å²) in [6, 6.07) is 0.535. The molecule has 0 saturated heterocycles. The van der Waals surface area contributed by atoms with Crippen molar-refractivity contribution < 1.29 is 9.53 Å². The summed E-state index contributed by atoms with van der Waals surface area (Å²) in [5.74, 6) is 0.599. The fraction of sp³-hybridized carbons (Fsp3) is 0.909. The van der Waals surface area contributed by atoms with Gasteiger partial charge in [-0.05, 0) is 32.2 Å². The minimum Gasteiger partial charge on any atom is -0.469 e. The Morgan fingerprint density at radius 1 is 1.36 bits per heavy atom. The minimum absolute atomic E-state index is 0.122. The van der Waals surface area contributed by atoms with Gasteiger partial charge in [-0.2, -0.15) is 0 Å². The van der Waals surface area contributed by atoms with E-state index < -0.39 is 0 Å². The van der Waals surface area contributed by atoms with E-state index in [4.69, 9.17) is 0 Å². The zero-order chi connectivity index (χ0) is 11.0. The number of methoxy groups -OCH3 is 1. The maximum Gasteiger partial charge on any atom is 0.305 e. The molecule has 0 fully saturated rings. The average molecular weight is 201 g/mol. The second-order valence-electron chi connectivity index (χ2n) is 4.16. The lowest BCUT2D eigenvalue weighted by atomic mass is 10.1. The number of hydrogen-bond donors (Lipinski definition) is 1. The van der Waals surface area contributed by atoms with Crippen molar-refractivity contribution in [2.24, 2.45) is 5.92 Å². The summed E-state index contributed by atoms with van der Waals surface area (Å²) in [5, 5.41) is 3.39. The monoisotopic (exact) mass is 201 g/mol. The molecule has 0 radical (unpaired) electrons. The molecule has 0 rings (SSSR count). The van der Waals surface area contributed by atoms with Gasteiger partial charge < -0.3 is 10.1 Å². The third-order valence-electron chi connectivity index (χ3n) is 2.10. The Morgan fingerprint density at radius 3 is 2.50 bits per heavy atom. The van der Waals surface area contributed by atoms with Gasteiger partial charge in [-0.1, -0.05) is 13.8 Å². The van der Waals surface area contributed by atoms with E-state index in [1.54, 1.807) is 0 Å². The van der Waals surface area contributed by atoms with Crippen LogP contribution in [0.5, 0.6) is 0 Å². The largest absolute Gasteiger partial charge is 0.469 e. The van der Waals surface area contributed by atoms with Crippen LogP contribution in [0.3, 0.4) is 0 Å². The zero-order valence-corrected chi connectivity index (χ0v) is 9.80. The van der Waals surface area contributed by atoms with Crippen LogP contribution in [-0.2, 0) is 9.53 Å². The van der Waals surface area contributed by atoms with Crippen LogP contribution >= 0.6 is 0 Å². The van der Waals surface area contributed by atoms with Crippen molar-refractivity contribution in [1.29, 1.82) is 0 Å². The Hall–Kier alpha value is -0.570. The third-order valence-corrected chi connectivity index (χ3v) is 2.10. The summed E-state index contributed by atoms with van der Waals surface area (Å²) in [4.78, 5) is 10.8. The van der Waals surface area contributed by atoms with Crippen molar-refractivity contribution in [2.75, 3.05) is 13.7 Å². The van der Waals surface area contributed by atoms with Gasteiger partial charge in [-0.3, -0.25) is 4.79 Å². The molecule has 0 spiro atoms. The molecule has 14 heavy (non-hydrogen) atoms. The zero-order valence-electron chi connectivity index (χ0n) is 9.80. The maximum atomic E-state index is 10.8. The molecule has 0 aliphatic heterocycles. The molecule has 1 N–H and O–H groups in total. The Labute approximate surface area is 87.2 Å². The number of rotatable bonds is 7. The lowest BCUT2D eigenvalue weighted by molar-refractivity contribution is -0.140. The van der Waals surface area contributed by atoms with Crippen molar-refractivity contribution in [3.05, 3.63) is 0 Å². The van der Waals surface area contributed by atoms with E-state index in [1.165, 1.54) is 13.5 Å². The molecule has 3 heteroatoms. The molecule has 0 aliphatic rings. The molecular formula is C11H23NO2. The molecule has 3 nitrogen and oxygen atoms in total. The molecule has 84 valence electrons. The highest BCUT2D eigenvalue weighted by Crippen LogP contribution is 2.03.